The number of hydrogen-bond donors (Lipinski definition) is 2. The molecule has 0 spiro atoms. The summed E-state index contributed by atoms with van der Waals surface area (Å²) in [4.78, 5) is 24.3. The molecule has 0 unspecified atom stereocenters. The van der Waals surface area contributed by atoms with Gasteiger partial charge in [0.1, 0.15) is 6.61 Å². The van der Waals surface area contributed by atoms with Gasteiger partial charge in [0.15, 0.2) is 17.5 Å². The number of rotatable bonds is 5. The number of benzene rings is 3. The van der Waals surface area contributed by atoms with Crippen LogP contribution in [0, 0.1) is 0 Å². The van der Waals surface area contributed by atoms with Gasteiger partial charge in [-0.2, -0.15) is 0 Å². The van der Waals surface area contributed by atoms with E-state index < -0.39 is 18.1 Å². The number of carbonyl (C=O) groups is 2. The minimum absolute atomic E-state index is 0.0797. The fraction of sp³-hybridized carbons (Fsp3) is 0.167. The molecule has 7 heteroatoms. The molecule has 1 amide bonds. The van der Waals surface area contributed by atoms with E-state index in [0.717, 1.165) is 22.3 Å². The molecule has 1 atom stereocenters. The van der Waals surface area contributed by atoms with Crippen LogP contribution in [0.3, 0.4) is 0 Å². The van der Waals surface area contributed by atoms with Crippen molar-refractivity contribution in [1.82, 2.24) is 5.32 Å². The van der Waals surface area contributed by atoms with Gasteiger partial charge < -0.3 is 24.6 Å². The summed E-state index contributed by atoms with van der Waals surface area (Å²) in [5.41, 5.74) is 4.78. The number of carbonyl (C=O) groups excluding carboxylic acids is 1. The molecule has 5 rings (SSSR count). The highest BCUT2D eigenvalue weighted by atomic mass is 16.7. The van der Waals surface area contributed by atoms with Crippen molar-refractivity contribution in [1.29, 1.82) is 0 Å². The van der Waals surface area contributed by atoms with Crippen LogP contribution < -0.4 is 14.8 Å². The van der Waals surface area contributed by atoms with E-state index in [0.29, 0.717) is 17.1 Å². The number of hydrogen-bond acceptors (Lipinski definition) is 5. The van der Waals surface area contributed by atoms with Gasteiger partial charge in [-0.3, -0.25) is 0 Å². The topological polar surface area (TPSA) is 94.1 Å². The van der Waals surface area contributed by atoms with Crippen LogP contribution in [0.1, 0.15) is 28.7 Å². The summed E-state index contributed by atoms with van der Waals surface area (Å²) in [7, 11) is 0. The second-order valence-corrected chi connectivity index (χ2v) is 7.35. The summed E-state index contributed by atoms with van der Waals surface area (Å²) in [6, 6.07) is 19.5. The fourth-order valence-electron chi connectivity index (χ4n) is 4.14. The molecule has 1 aliphatic heterocycles. The van der Waals surface area contributed by atoms with Gasteiger partial charge in [-0.15, -0.1) is 0 Å². The second-order valence-electron chi connectivity index (χ2n) is 7.35. The Bertz CT molecular complexity index is 1130. The molecule has 0 saturated heterocycles. The Hall–Kier alpha value is -4.00. The predicted octanol–water partition coefficient (Wildman–Crippen LogP) is 4.08. The van der Waals surface area contributed by atoms with E-state index in [1.54, 1.807) is 18.2 Å². The van der Waals surface area contributed by atoms with Crippen molar-refractivity contribution in [3.05, 3.63) is 83.4 Å². The maximum Gasteiger partial charge on any atom is 0.408 e. The average Bonchev–Trinajstić information content (AvgIpc) is 3.38. The molecule has 31 heavy (non-hydrogen) atoms. The Morgan fingerprint density at radius 1 is 0.968 bits per heavy atom. The van der Waals surface area contributed by atoms with Gasteiger partial charge in [0.2, 0.25) is 6.79 Å². The third-order valence-electron chi connectivity index (χ3n) is 5.58. The monoisotopic (exact) mass is 417 g/mol. The predicted molar refractivity (Wildman–Crippen MR) is 111 cm³/mol. The van der Waals surface area contributed by atoms with Gasteiger partial charge in [0.25, 0.3) is 0 Å². The number of fused-ring (bicyclic) bond motifs is 4. The molecule has 0 aromatic heterocycles. The largest absolute Gasteiger partial charge is 0.479 e. The van der Waals surface area contributed by atoms with Crippen molar-refractivity contribution < 1.29 is 28.9 Å². The van der Waals surface area contributed by atoms with Crippen LogP contribution in [0.25, 0.3) is 11.1 Å². The number of alkyl carbamates (subject to hydrolysis) is 1. The summed E-state index contributed by atoms with van der Waals surface area (Å²) < 4.78 is 16.0. The Morgan fingerprint density at radius 2 is 1.61 bits per heavy atom. The summed E-state index contributed by atoms with van der Waals surface area (Å²) in [6.45, 7) is 0.184. The fourth-order valence-corrected chi connectivity index (χ4v) is 4.14. The Morgan fingerprint density at radius 3 is 2.29 bits per heavy atom. The number of carboxylic acid groups (broad SMARTS) is 1. The lowest BCUT2D eigenvalue weighted by Gasteiger charge is -2.18. The third kappa shape index (κ3) is 3.44. The van der Waals surface area contributed by atoms with Gasteiger partial charge in [0, 0.05) is 5.92 Å². The van der Waals surface area contributed by atoms with Crippen LogP contribution in [-0.4, -0.2) is 30.6 Å². The van der Waals surface area contributed by atoms with Crippen molar-refractivity contribution in [3.8, 4) is 22.6 Å². The minimum atomic E-state index is -1.27. The highest BCUT2D eigenvalue weighted by molar-refractivity contribution is 5.82. The lowest BCUT2D eigenvalue weighted by molar-refractivity contribution is -0.139. The smallest absolute Gasteiger partial charge is 0.408 e. The lowest BCUT2D eigenvalue weighted by atomic mass is 9.98. The van der Waals surface area contributed by atoms with Crippen molar-refractivity contribution >= 4 is 12.1 Å². The van der Waals surface area contributed by atoms with Gasteiger partial charge in [-0.1, -0.05) is 54.6 Å². The van der Waals surface area contributed by atoms with E-state index in [1.165, 1.54) is 0 Å². The Labute approximate surface area is 178 Å². The van der Waals surface area contributed by atoms with Gasteiger partial charge in [-0.05, 0) is 39.9 Å². The normalized spacial score (nSPS) is 14.5. The molecule has 3 aromatic rings. The van der Waals surface area contributed by atoms with Crippen LogP contribution >= 0.6 is 0 Å². The first-order chi connectivity index (χ1) is 15.1. The van der Waals surface area contributed by atoms with Crippen molar-refractivity contribution in [3.63, 3.8) is 0 Å². The first-order valence-electron chi connectivity index (χ1n) is 9.85. The molecule has 1 heterocycles. The van der Waals surface area contributed by atoms with E-state index in [9.17, 15) is 14.7 Å². The van der Waals surface area contributed by atoms with Crippen molar-refractivity contribution in [2.75, 3.05) is 13.4 Å². The van der Waals surface area contributed by atoms with Crippen LogP contribution in [0.5, 0.6) is 11.5 Å². The van der Waals surface area contributed by atoms with Crippen molar-refractivity contribution in [2.45, 2.75) is 12.0 Å². The van der Waals surface area contributed by atoms with Crippen LogP contribution in [-0.2, 0) is 9.53 Å². The molecule has 0 fully saturated rings. The first kappa shape index (κ1) is 19.0. The standard InChI is InChI=1S/C24H19NO6/c26-23(27)22(14-9-10-20-21(11-14)31-13-30-20)25-24(28)29-12-19-17-7-3-1-5-15(17)16-6-2-4-8-18(16)19/h1-11,19,22H,12-13H2,(H,25,28)(H,26,27)/t22-/m1/s1. The molecular weight excluding hydrogens is 398 g/mol. The zero-order valence-corrected chi connectivity index (χ0v) is 16.4. The van der Waals surface area contributed by atoms with E-state index in [4.69, 9.17) is 14.2 Å². The number of carboxylic acids is 1. The molecule has 7 nitrogen and oxygen atoms in total. The van der Waals surface area contributed by atoms with E-state index in [1.807, 2.05) is 48.5 Å². The zero-order chi connectivity index (χ0) is 21.4. The van der Waals surface area contributed by atoms with Gasteiger partial charge >= 0.3 is 12.1 Å². The zero-order valence-electron chi connectivity index (χ0n) is 16.4. The molecule has 2 N–H and O–H groups in total. The SMILES string of the molecule is O=C(N[C@@H](C(=O)O)c1ccc2c(c1)OCO2)OCC1c2ccccc2-c2ccccc21. The third-order valence-corrected chi connectivity index (χ3v) is 5.58. The van der Waals surface area contributed by atoms with E-state index >= 15 is 0 Å². The molecule has 0 saturated carbocycles. The molecule has 3 aromatic carbocycles. The summed E-state index contributed by atoms with van der Waals surface area (Å²) >= 11 is 0. The highest BCUT2D eigenvalue weighted by Gasteiger charge is 2.30. The maximum absolute atomic E-state index is 12.5. The number of amides is 1. The quantitative estimate of drug-likeness (QED) is 0.650. The number of ether oxygens (including phenoxy) is 3. The number of nitrogens with one attached hydrogen (secondary N) is 1. The summed E-state index contributed by atoms with van der Waals surface area (Å²) in [5, 5.41) is 12.1. The van der Waals surface area contributed by atoms with Crippen LogP contribution in [0.2, 0.25) is 0 Å². The second kappa shape index (κ2) is 7.68. The Balaban J connectivity index is 1.31. The highest BCUT2D eigenvalue weighted by Crippen LogP contribution is 2.44. The first-order valence-corrected chi connectivity index (χ1v) is 9.85. The minimum Gasteiger partial charge on any atom is -0.479 e. The maximum atomic E-state index is 12.5. The molecule has 156 valence electrons. The molecule has 1 aliphatic carbocycles. The molecule has 0 bridgehead atoms. The van der Waals surface area contributed by atoms with Gasteiger partial charge in [0.05, 0.1) is 0 Å². The van der Waals surface area contributed by atoms with Crippen LogP contribution in [0.4, 0.5) is 4.79 Å². The molecule has 0 radical (unpaired) electrons. The van der Waals surface area contributed by atoms with E-state index in [-0.39, 0.29) is 19.3 Å². The molecule has 2 aliphatic rings. The average molecular weight is 417 g/mol. The van der Waals surface area contributed by atoms with Crippen LogP contribution in [0.15, 0.2) is 66.7 Å². The van der Waals surface area contributed by atoms with E-state index in [2.05, 4.69) is 5.32 Å². The van der Waals surface area contributed by atoms with Crippen molar-refractivity contribution in [2.24, 2.45) is 0 Å². The summed E-state index contributed by atoms with van der Waals surface area (Å²) in [5.74, 6) is -0.327. The molecular formula is C24H19NO6. The Kier molecular flexibility index (Phi) is 4.71. The van der Waals surface area contributed by atoms with Gasteiger partial charge in [-0.25, -0.2) is 9.59 Å². The number of aliphatic carboxylic acids is 1. The lowest BCUT2D eigenvalue weighted by Crippen LogP contribution is -2.34. The summed E-state index contributed by atoms with van der Waals surface area (Å²) in [6.07, 6.45) is -0.799.